The van der Waals surface area contributed by atoms with Crippen molar-refractivity contribution in [3.63, 3.8) is 0 Å². The lowest BCUT2D eigenvalue weighted by Crippen LogP contribution is -2.46. The Morgan fingerprint density at radius 1 is 0.933 bits per heavy atom. The summed E-state index contributed by atoms with van der Waals surface area (Å²) in [6.45, 7) is 11.8. The maximum absolute atomic E-state index is 13.6. The van der Waals surface area contributed by atoms with Crippen LogP contribution in [0.4, 0.5) is 0 Å². The molecule has 5 nitrogen and oxygen atoms in total. The van der Waals surface area contributed by atoms with E-state index in [1.54, 1.807) is 24.3 Å². The van der Waals surface area contributed by atoms with E-state index < -0.39 is 13.7 Å². The van der Waals surface area contributed by atoms with Crippen LogP contribution in [0, 0.1) is 6.92 Å². The number of benzene rings is 2. The molecule has 0 radical (unpaired) electrons. The average Bonchev–Trinajstić information content (AvgIpc) is 2.64. The molecule has 0 spiro atoms. The van der Waals surface area contributed by atoms with Gasteiger partial charge in [0.2, 0.25) is 5.78 Å². The first-order chi connectivity index (χ1) is 14.0. The number of fused-ring (bicyclic) bond motifs is 4. The maximum Gasteiger partial charge on any atom is 0.335 e. The largest absolute Gasteiger partial charge is 0.490 e. The van der Waals surface area contributed by atoms with Gasteiger partial charge in [0.25, 0.3) is 0 Å². The zero-order chi connectivity index (χ0) is 22.0. The van der Waals surface area contributed by atoms with E-state index in [4.69, 9.17) is 9.15 Å². The Morgan fingerprint density at radius 2 is 1.63 bits per heavy atom. The molecule has 0 unspecified atom stereocenters. The van der Waals surface area contributed by atoms with Crippen LogP contribution < -0.4 is 15.5 Å². The van der Waals surface area contributed by atoms with E-state index in [9.17, 15) is 14.4 Å². The van der Waals surface area contributed by atoms with Crippen molar-refractivity contribution in [3.8, 4) is 5.75 Å². The van der Waals surface area contributed by atoms with Gasteiger partial charge in [0.15, 0.2) is 11.4 Å². The van der Waals surface area contributed by atoms with Crippen molar-refractivity contribution in [2.45, 2.75) is 46.5 Å². The second kappa shape index (κ2) is 6.77. The quantitative estimate of drug-likeness (QED) is 0.367. The average molecular weight is 421 g/mol. The topological polar surface area (TPSA) is 73.6 Å². The number of ketones is 2. The van der Waals surface area contributed by atoms with Gasteiger partial charge in [-0.25, -0.2) is 4.79 Å². The predicted molar refractivity (Wildman–Crippen MR) is 119 cm³/mol. The molecule has 0 saturated carbocycles. The summed E-state index contributed by atoms with van der Waals surface area (Å²) in [7, 11) is -1.95. The van der Waals surface area contributed by atoms with E-state index >= 15 is 0 Å². The number of aryl methyl sites for hydroxylation is 1. The van der Waals surface area contributed by atoms with E-state index in [0.29, 0.717) is 21.9 Å². The summed E-state index contributed by atoms with van der Waals surface area (Å²) in [4.78, 5) is 39.6. The Balaban J connectivity index is 2.07. The van der Waals surface area contributed by atoms with Gasteiger partial charge < -0.3 is 9.15 Å². The molecule has 4 rings (SSSR count). The van der Waals surface area contributed by atoms with E-state index in [-0.39, 0.29) is 39.9 Å². The first kappa shape index (κ1) is 20.3. The number of hydrogen-bond acceptors (Lipinski definition) is 5. The number of carbonyl (C=O) groups excluding carboxylic acids is 2. The van der Waals surface area contributed by atoms with E-state index in [0.717, 1.165) is 5.56 Å². The molecule has 0 amide bonds. The Morgan fingerprint density at radius 3 is 2.27 bits per heavy atom. The molecular formula is C24H24O5Si. The first-order valence-corrected chi connectivity index (χ1v) is 13.5. The van der Waals surface area contributed by atoms with Gasteiger partial charge in [0.05, 0.1) is 25.3 Å². The molecule has 0 saturated heterocycles. The molecule has 0 fully saturated rings. The SMILES string of the molecule is Cc1cc2c(c3oc(=O)c([Si](C)(C)C)cc13)C(=O)c1c(OC(C)C)cccc1C2=O. The van der Waals surface area contributed by atoms with Crippen LogP contribution in [0.15, 0.2) is 39.5 Å². The highest BCUT2D eigenvalue weighted by Crippen LogP contribution is 2.37. The molecule has 1 heterocycles. The van der Waals surface area contributed by atoms with Crippen molar-refractivity contribution >= 4 is 35.8 Å². The van der Waals surface area contributed by atoms with Crippen molar-refractivity contribution in [1.82, 2.24) is 0 Å². The van der Waals surface area contributed by atoms with Crippen LogP contribution in [0.1, 0.15) is 51.3 Å². The van der Waals surface area contributed by atoms with Gasteiger partial charge in [-0.1, -0.05) is 31.8 Å². The molecular weight excluding hydrogens is 396 g/mol. The fraction of sp³-hybridized carbons (Fsp3) is 0.292. The van der Waals surface area contributed by atoms with Gasteiger partial charge in [-0.2, -0.15) is 0 Å². The fourth-order valence-electron chi connectivity index (χ4n) is 3.94. The molecule has 154 valence electrons. The van der Waals surface area contributed by atoms with Crippen LogP contribution in [-0.4, -0.2) is 25.7 Å². The lowest BCUT2D eigenvalue weighted by Gasteiger charge is -2.23. The standard InChI is InChI=1S/C24H24O5Si/c1-12(2)28-17-9-7-8-14-19(17)22(26)20-16(21(14)25)10-13(3)15-11-18(30(4,5)6)24(27)29-23(15)20/h7-12H,1-6H3. The Labute approximate surface area is 175 Å². The summed E-state index contributed by atoms with van der Waals surface area (Å²) in [5.74, 6) is -0.262. The van der Waals surface area contributed by atoms with Gasteiger partial charge in [-0.05, 0) is 44.5 Å². The molecule has 3 aromatic rings. The summed E-state index contributed by atoms with van der Waals surface area (Å²) in [6.07, 6.45) is -0.159. The molecule has 0 aliphatic heterocycles. The summed E-state index contributed by atoms with van der Waals surface area (Å²) < 4.78 is 11.5. The highest BCUT2D eigenvalue weighted by Gasteiger charge is 2.36. The molecule has 1 aromatic heterocycles. The van der Waals surface area contributed by atoms with Crippen molar-refractivity contribution in [2.24, 2.45) is 0 Å². The predicted octanol–water partition coefficient (Wildman–Crippen LogP) is 4.21. The molecule has 30 heavy (non-hydrogen) atoms. The van der Waals surface area contributed by atoms with E-state index in [2.05, 4.69) is 19.6 Å². The summed E-state index contributed by atoms with van der Waals surface area (Å²) in [5.41, 5.74) is 1.49. The number of carbonyl (C=O) groups is 2. The van der Waals surface area contributed by atoms with E-state index in [1.165, 1.54) is 0 Å². The summed E-state index contributed by atoms with van der Waals surface area (Å²) >= 11 is 0. The second-order valence-corrected chi connectivity index (χ2v) is 14.1. The number of hydrogen-bond donors (Lipinski definition) is 0. The van der Waals surface area contributed by atoms with Crippen LogP contribution in [0.3, 0.4) is 0 Å². The zero-order valence-corrected chi connectivity index (χ0v) is 19.0. The third kappa shape index (κ3) is 3.03. The van der Waals surface area contributed by atoms with Gasteiger partial charge in [0, 0.05) is 21.7 Å². The Hall–Kier alpha value is -2.99. The second-order valence-electron chi connectivity index (χ2n) is 9.06. The van der Waals surface area contributed by atoms with Gasteiger partial charge in [-0.15, -0.1) is 0 Å². The monoisotopic (exact) mass is 420 g/mol. The van der Waals surface area contributed by atoms with Crippen LogP contribution >= 0.6 is 0 Å². The third-order valence-corrected chi connectivity index (χ3v) is 7.33. The molecule has 1 aliphatic rings. The lowest BCUT2D eigenvalue weighted by molar-refractivity contribution is 0.0974. The zero-order valence-electron chi connectivity index (χ0n) is 18.0. The normalized spacial score (nSPS) is 13.6. The van der Waals surface area contributed by atoms with E-state index in [1.807, 2.05) is 26.8 Å². The highest BCUT2D eigenvalue weighted by molar-refractivity contribution is 6.88. The van der Waals surface area contributed by atoms with Crippen molar-refractivity contribution in [2.75, 3.05) is 0 Å². The minimum absolute atomic E-state index is 0.145. The number of ether oxygens (including phenoxy) is 1. The minimum atomic E-state index is -1.95. The van der Waals surface area contributed by atoms with Crippen LogP contribution in [-0.2, 0) is 0 Å². The van der Waals surface area contributed by atoms with Gasteiger partial charge in [-0.3, -0.25) is 9.59 Å². The van der Waals surface area contributed by atoms with Crippen LogP contribution in [0.2, 0.25) is 19.6 Å². The molecule has 0 atom stereocenters. The molecule has 0 bridgehead atoms. The number of rotatable bonds is 3. The van der Waals surface area contributed by atoms with Crippen molar-refractivity contribution in [3.05, 3.63) is 68.6 Å². The Kier molecular flexibility index (Phi) is 4.58. The first-order valence-electron chi connectivity index (χ1n) is 10.0. The molecule has 2 aromatic carbocycles. The summed E-state index contributed by atoms with van der Waals surface area (Å²) in [5, 5.41) is 1.36. The Bertz CT molecular complexity index is 1290. The third-order valence-electron chi connectivity index (χ3n) is 5.37. The molecule has 6 heteroatoms. The van der Waals surface area contributed by atoms with Gasteiger partial charge in [0.1, 0.15) is 5.75 Å². The van der Waals surface area contributed by atoms with Crippen molar-refractivity contribution in [1.29, 1.82) is 0 Å². The highest BCUT2D eigenvalue weighted by atomic mass is 28.3. The fourth-order valence-corrected chi connectivity index (χ4v) is 5.18. The maximum atomic E-state index is 13.6. The van der Waals surface area contributed by atoms with Crippen LogP contribution in [0.25, 0.3) is 11.0 Å². The van der Waals surface area contributed by atoms with Crippen LogP contribution in [0.5, 0.6) is 5.75 Å². The van der Waals surface area contributed by atoms with Gasteiger partial charge >= 0.3 is 5.63 Å². The lowest BCUT2D eigenvalue weighted by atomic mass is 9.81. The molecule has 1 aliphatic carbocycles. The van der Waals surface area contributed by atoms with Crippen molar-refractivity contribution < 1.29 is 18.7 Å². The smallest absolute Gasteiger partial charge is 0.335 e. The molecule has 0 N–H and O–H groups in total. The minimum Gasteiger partial charge on any atom is -0.490 e. The summed E-state index contributed by atoms with van der Waals surface area (Å²) in [6, 6.07) is 8.60.